The van der Waals surface area contributed by atoms with Crippen LogP contribution >= 0.6 is 0 Å². The van der Waals surface area contributed by atoms with Gasteiger partial charge in [-0.25, -0.2) is 0 Å². The summed E-state index contributed by atoms with van der Waals surface area (Å²) in [7, 11) is 2.33. The van der Waals surface area contributed by atoms with Crippen LogP contribution in [0, 0.1) is 0 Å². The zero-order chi connectivity index (χ0) is 7.68. The molecule has 0 aromatic carbocycles. The zero-order valence-electron chi connectivity index (χ0n) is 6.75. The molecule has 3 heteroatoms. The quantitative estimate of drug-likeness (QED) is 0.544. The number of ketones is 1. The summed E-state index contributed by atoms with van der Waals surface area (Å²) in [6, 6.07) is 0. The molecule has 0 aromatic rings. The summed E-state index contributed by atoms with van der Waals surface area (Å²) < 4.78 is 0. The van der Waals surface area contributed by atoms with Crippen molar-refractivity contribution in [3.05, 3.63) is 0 Å². The molecule has 1 saturated heterocycles. The molecule has 0 bridgehead atoms. The van der Waals surface area contributed by atoms with Crippen LogP contribution in [0.15, 0.2) is 0 Å². The fraction of sp³-hybridized carbons (Fsp3) is 0.875. The van der Waals surface area contributed by atoms with Crippen LogP contribution in [0.1, 0.15) is 25.7 Å². The lowest BCUT2D eigenvalue weighted by Gasteiger charge is -2.24. The van der Waals surface area contributed by atoms with Gasteiger partial charge in [0.1, 0.15) is 5.78 Å². The van der Waals surface area contributed by atoms with Crippen molar-refractivity contribution < 1.29 is 4.79 Å². The van der Waals surface area contributed by atoms with E-state index < -0.39 is 0 Å². The lowest BCUT2D eigenvalue weighted by molar-refractivity contribution is -0.120. The van der Waals surface area contributed by atoms with E-state index in [0.717, 1.165) is 31.7 Å². The Hall–Kier alpha value is -0.305. The molecule has 0 spiro atoms. The largest absolute Gasteiger partial charge is 0.345 e. The van der Waals surface area contributed by atoms with E-state index in [1.54, 1.807) is 0 Å². The van der Waals surface area contributed by atoms with Crippen molar-refractivity contribution in [3.63, 3.8) is 0 Å². The average molecular weight is 150 g/mol. The number of carbonyl (C=O) groups excluding carboxylic acids is 1. The maximum atomic E-state index is 10.9. The Kier molecular flexibility index (Phi) is 1.99. The number of hydrogen-bond acceptors (Lipinski definition) is 2. The van der Waals surface area contributed by atoms with Crippen molar-refractivity contribution in [2.45, 2.75) is 31.5 Å². The second kappa shape index (κ2) is 2.98. The van der Waals surface area contributed by atoms with Gasteiger partial charge in [0.25, 0.3) is 0 Å². The third-order valence-electron chi connectivity index (χ3n) is 2.40. The Balaban J connectivity index is 1.73. The minimum atomic E-state index is 0.436. The van der Waals surface area contributed by atoms with Gasteiger partial charge in [-0.05, 0) is 13.1 Å². The van der Waals surface area contributed by atoms with Gasteiger partial charge in [-0.15, -0.1) is 0 Å². The molecule has 2 aliphatic rings. The van der Waals surface area contributed by atoms with E-state index in [1.807, 2.05) is 0 Å². The van der Waals surface area contributed by atoms with Gasteiger partial charge in [0.05, 0.1) is 0 Å². The van der Waals surface area contributed by atoms with Gasteiger partial charge < -0.3 is 4.81 Å². The molecular weight excluding hydrogens is 137 g/mol. The summed E-state index contributed by atoms with van der Waals surface area (Å²) in [5, 5.41) is 0. The Bertz CT molecular complexity index is 157. The highest BCUT2D eigenvalue weighted by Gasteiger charge is 2.27. The molecule has 1 aliphatic carbocycles. The Morgan fingerprint density at radius 2 is 1.91 bits per heavy atom. The number of hydrogen-bond donors (Lipinski definition) is 0. The average Bonchev–Trinajstić information content (AvgIpc) is 2.78. The molecule has 1 saturated carbocycles. The van der Waals surface area contributed by atoms with Crippen molar-refractivity contribution in [2.24, 2.45) is 0 Å². The topological polar surface area (TPSA) is 20.3 Å². The van der Waals surface area contributed by atoms with Crippen LogP contribution < -0.4 is 0 Å². The van der Waals surface area contributed by atoms with Crippen molar-refractivity contribution in [2.75, 3.05) is 13.1 Å². The molecule has 1 aliphatic heterocycles. The van der Waals surface area contributed by atoms with Crippen LogP contribution in [0.3, 0.4) is 0 Å². The van der Waals surface area contributed by atoms with Gasteiger partial charge in [0.15, 0.2) is 0 Å². The third-order valence-corrected chi connectivity index (χ3v) is 2.40. The molecule has 1 heterocycles. The molecule has 2 nitrogen and oxygen atoms in total. The number of rotatable bonds is 2. The van der Waals surface area contributed by atoms with Crippen LogP contribution in [-0.4, -0.2) is 31.1 Å². The summed E-state index contributed by atoms with van der Waals surface area (Å²) in [6.45, 7) is 1.94. The lowest BCUT2D eigenvalue weighted by Crippen LogP contribution is -2.36. The lowest BCUT2D eigenvalue weighted by atomic mass is 9.81. The van der Waals surface area contributed by atoms with Gasteiger partial charge >= 0.3 is 0 Å². The first kappa shape index (κ1) is 7.35. The first-order chi connectivity index (χ1) is 5.34. The van der Waals surface area contributed by atoms with Crippen molar-refractivity contribution in [1.29, 1.82) is 0 Å². The predicted molar refractivity (Wildman–Crippen MR) is 44.6 cm³/mol. The van der Waals surface area contributed by atoms with E-state index in [1.165, 1.54) is 12.8 Å². The second-order valence-corrected chi connectivity index (χ2v) is 3.56. The predicted octanol–water partition coefficient (Wildman–Crippen LogP) is 0.853. The van der Waals surface area contributed by atoms with E-state index in [2.05, 4.69) is 12.2 Å². The van der Waals surface area contributed by atoms with Crippen LogP contribution in [0.4, 0.5) is 0 Å². The first-order valence-electron chi connectivity index (χ1n) is 4.45. The van der Waals surface area contributed by atoms with Gasteiger partial charge in [0.2, 0.25) is 7.41 Å². The molecule has 0 amide bonds. The van der Waals surface area contributed by atoms with Crippen LogP contribution in [0.5, 0.6) is 0 Å². The highest BCUT2D eigenvalue weighted by molar-refractivity contribution is 6.35. The van der Waals surface area contributed by atoms with Crippen LogP contribution in [0.25, 0.3) is 0 Å². The Labute approximate surface area is 68.2 Å². The van der Waals surface area contributed by atoms with Crippen molar-refractivity contribution in [3.8, 4) is 0 Å². The van der Waals surface area contributed by atoms with Crippen LogP contribution in [0.2, 0.25) is 5.82 Å². The smallest absolute Gasteiger partial charge is 0.211 e. The van der Waals surface area contributed by atoms with E-state index in [-0.39, 0.29) is 0 Å². The molecule has 59 valence electrons. The number of carbonyl (C=O) groups is 1. The number of piperidine rings is 1. The fourth-order valence-corrected chi connectivity index (χ4v) is 1.47. The minimum Gasteiger partial charge on any atom is -0.345 e. The van der Waals surface area contributed by atoms with E-state index in [0.29, 0.717) is 5.78 Å². The minimum absolute atomic E-state index is 0.436. The summed E-state index contributed by atoms with van der Waals surface area (Å²) in [6.07, 6.45) is 4.27. The summed E-state index contributed by atoms with van der Waals surface area (Å²) in [4.78, 5) is 13.2. The molecule has 1 radical (unpaired) electrons. The molecule has 2 fully saturated rings. The van der Waals surface area contributed by atoms with Crippen LogP contribution in [-0.2, 0) is 4.79 Å². The van der Waals surface area contributed by atoms with Gasteiger partial charge in [-0.2, -0.15) is 0 Å². The summed E-state index contributed by atoms with van der Waals surface area (Å²) in [5.74, 6) is 1.29. The third kappa shape index (κ3) is 2.06. The second-order valence-electron chi connectivity index (χ2n) is 3.56. The molecule has 0 atom stereocenters. The Morgan fingerprint density at radius 3 is 2.45 bits per heavy atom. The normalized spacial score (nSPS) is 27.1. The number of Topliss-reactive ketones (excluding diaryl/α,β-unsaturated/α-hetero) is 1. The van der Waals surface area contributed by atoms with E-state index in [4.69, 9.17) is 0 Å². The highest BCUT2D eigenvalue weighted by atomic mass is 16.1. The molecule has 0 aromatic heterocycles. The molecular formula is C8H13BNO. The van der Waals surface area contributed by atoms with E-state index >= 15 is 0 Å². The first-order valence-corrected chi connectivity index (χ1v) is 4.45. The van der Waals surface area contributed by atoms with Gasteiger partial charge in [-0.3, -0.25) is 4.79 Å². The summed E-state index contributed by atoms with van der Waals surface area (Å²) in [5.41, 5.74) is 0. The Morgan fingerprint density at radius 1 is 1.27 bits per heavy atom. The SMILES string of the molecule is O=C1CCN([B]C2CC2)CC1. The van der Waals surface area contributed by atoms with Crippen molar-refractivity contribution in [1.82, 2.24) is 4.81 Å². The van der Waals surface area contributed by atoms with E-state index in [9.17, 15) is 4.79 Å². The molecule has 11 heavy (non-hydrogen) atoms. The maximum Gasteiger partial charge on any atom is 0.211 e. The monoisotopic (exact) mass is 150 g/mol. The van der Waals surface area contributed by atoms with Gasteiger partial charge in [-0.1, -0.05) is 18.7 Å². The standard InChI is InChI=1S/C8H13BNO/c11-8-3-5-10(6-4-8)9-7-1-2-7/h7H,1-6H2. The van der Waals surface area contributed by atoms with Crippen molar-refractivity contribution >= 4 is 13.2 Å². The molecule has 0 N–H and O–H groups in total. The zero-order valence-corrected chi connectivity index (χ0v) is 6.75. The molecule has 2 rings (SSSR count). The summed E-state index contributed by atoms with van der Waals surface area (Å²) >= 11 is 0. The number of nitrogens with zero attached hydrogens (tertiary/aromatic N) is 1. The van der Waals surface area contributed by atoms with Gasteiger partial charge in [0, 0.05) is 12.8 Å². The molecule has 0 unspecified atom stereocenters. The highest BCUT2D eigenvalue weighted by Crippen LogP contribution is 2.35. The maximum absolute atomic E-state index is 10.9. The fourth-order valence-electron chi connectivity index (χ4n) is 1.47.